The Bertz CT molecular complexity index is 154. The number of carbonyl (C=O) groups excluding carboxylic acids is 1. The summed E-state index contributed by atoms with van der Waals surface area (Å²) in [4.78, 5) is 10.4. The molecule has 0 saturated heterocycles. The summed E-state index contributed by atoms with van der Waals surface area (Å²) in [5.74, 6) is 0.716. The summed E-state index contributed by atoms with van der Waals surface area (Å²) in [6, 6.07) is 0. The van der Waals surface area contributed by atoms with E-state index >= 15 is 0 Å². The van der Waals surface area contributed by atoms with Crippen LogP contribution in [0.1, 0.15) is 40.5 Å². The predicted octanol–water partition coefficient (Wildman–Crippen LogP) is 3.20. The number of rotatable bonds is 5. The topological polar surface area (TPSA) is 17.1 Å². The zero-order chi connectivity index (χ0) is 9.56. The van der Waals surface area contributed by atoms with Gasteiger partial charge in [-0.2, -0.15) is 0 Å². The van der Waals surface area contributed by atoms with E-state index in [-0.39, 0.29) is 5.92 Å². The van der Waals surface area contributed by atoms with E-state index in [4.69, 9.17) is 0 Å². The van der Waals surface area contributed by atoms with Crippen LogP contribution < -0.4 is 0 Å². The Kier molecular flexibility index (Phi) is 5.69. The lowest BCUT2D eigenvalue weighted by Gasteiger charge is -2.12. The summed E-state index contributed by atoms with van der Waals surface area (Å²) in [5, 5.41) is 0. The first kappa shape index (κ1) is 11.4. The van der Waals surface area contributed by atoms with Crippen molar-refractivity contribution >= 4 is 6.29 Å². The molecular formula is C11H20O. The molecule has 0 heterocycles. The summed E-state index contributed by atoms with van der Waals surface area (Å²) < 4.78 is 0. The molecule has 2 atom stereocenters. The fourth-order valence-electron chi connectivity index (χ4n) is 1.03. The van der Waals surface area contributed by atoms with Crippen LogP contribution in [-0.2, 0) is 4.79 Å². The van der Waals surface area contributed by atoms with Gasteiger partial charge in [0.05, 0.1) is 0 Å². The van der Waals surface area contributed by atoms with Gasteiger partial charge in [-0.05, 0) is 32.6 Å². The summed E-state index contributed by atoms with van der Waals surface area (Å²) in [5.41, 5.74) is 1.36. The Morgan fingerprint density at radius 2 is 1.92 bits per heavy atom. The zero-order valence-corrected chi connectivity index (χ0v) is 8.63. The third-order valence-corrected chi connectivity index (χ3v) is 2.29. The fourth-order valence-corrected chi connectivity index (χ4v) is 1.03. The molecular weight excluding hydrogens is 148 g/mol. The molecule has 0 spiro atoms. The van der Waals surface area contributed by atoms with E-state index < -0.39 is 0 Å². The first-order valence-electron chi connectivity index (χ1n) is 4.66. The van der Waals surface area contributed by atoms with Crippen LogP contribution in [0.3, 0.4) is 0 Å². The molecule has 0 saturated carbocycles. The van der Waals surface area contributed by atoms with Gasteiger partial charge in [0.1, 0.15) is 6.29 Å². The number of allylic oxidation sites excluding steroid dienone is 2. The van der Waals surface area contributed by atoms with Crippen molar-refractivity contribution in [1.29, 1.82) is 0 Å². The van der Waals surface area contributed by atoms with E-state index in [2.05, 4.69) is 26.8 Å². The summed E-state index contributed by atoms with van der Waals surface area (Å²) in [6.07, 6.45) is 5.49. The molecule has 0 aliphatic rings. The van der Waals surface area contributed by atoms with Gasteiger partial charge >= 0.3 is 0 Å². The molecule has 0 radical (unpaired) electrons. The predicted molar refractivity (Wildman–Crippen MR) is 53.1 cm³/mol. The monoisotopic (exact) mass is 168 g/mol. The highest BCUT2D eigenvalue weighted by atomic mass is 16.1. The minimum absolute atomic E-state index is 0.204. The first-order valence-corrected chi connectivity index (χ1v) is 4.66. The maximum atomic E-state index is 10.4. The Labute approximate surface area is 75.9 Å². The number of aldehydes is 1. The second-order valence-corrected chi connectivity index (χ2v) is 3.83. The minimum Gasteiger partial charge on any atom is -0.303 e. The van der Waals surface area contributed by atoms with Crippen molar-refractivity contribution < 1.29 is 4.79 Å². The Morgan fingerprint density at radius 1 is 1.33 bits per heavy atom. The maximum absolute atomic E-state index is 10.4. The van der Waals surface area contributed by atoms with Crippen LogP contribution in [0.25, 0.3) is 0 Å². The molecule has 1 heteroatoms. The van der Waals surface area contributed by atoms with Gasteiger partial charge in [0, 0.05) is 5.92 Å². The normalized spacial score (nSPS) is 15.0. The molecule has 0 rings (SSSR count). The van der Waals surface area contributed by atoms with E-state index in [0.717, 1.165) is 19.1 Å². The fraction of sp³-hybridized carbons (Fsp3) is 0.727. The molecule has 0 aliphatic carbocycles. The lowest BCUT2D eigenvalue weighted by molar-refractivity contribution is -0.111. The van der Waals surface area contributed by atoms with Crippen LogP contribution in [0.4, 0.5) is 0 Å². The van der Waals surface area contributed by atoms with Gasteiger partial charge in [-0.15, -0.1) is 0 Å². The van der Waals surface area contributed by atoms with Crippen molar-refractivity contribution in [2.45, 2.75) is 40.5 Å². The van der Waals surface area contributed by atoms with E-state index in [1.54, 1.807) is 0 Å². The van der Waals surface area contributed by atoms with E-state index in [9.17, 15) is 4.79 Å². The van der Waals surface area contributed by atoms with Crippen LogP contribution in [-0.4, -0.2) is 6.29 Å². The molecule has 0 aromatic carbocycles. The number of hydrogen-bond acceptors (Lipinski definition) is 1. The molecule has 0 N–H and O–H groups in total. The average molecular weight is 168 g/mol. The van der Waals surface area contributed by atoms with Crippen molar-refractivity contribution in [3.05, 3.63) is 11.6 Å². The van der Waals surface area contributed by atoms with Gasteiger partial charge in [-0.1, -0.05) is 25.5 Å². The largest absolute Gasteiger partial charge is 0.303 e. The van der Waals surface area contributed by atoms with E-state index in [0.29, 0.717) is 5.92 Å². The van der Waals surface area contributed by atoms with Crippen LogP contribution >= 0.6 is 0 Å². The lowest BCUT2D eigenvalue weighted by atomic mass is 9.92. The van der Waals surface area contributed by atoms with Crippen LogP contribution in [0.2, 0.25) is 0 Å². The van der Waals surface area contributed by atoms with Crippen LogP contribution in [0.5, 0.6) is 0 Å². The lowest BCUT2D eigenvalue weighted by Crippen LogP contribution is -2.08. The van der Waals surface area contributed by atoms with Gasteiger partial charge in [0.15, 0.2) is 0 Å². The minimum atomic E-state index is 0.204. The SMILES string of the molecule is CC(C)=CCC[C@H](C)[C@@H](C)C=O. The molecule has 0 fully saturated rings. The Morgan fingerprint density at radius 3 is 2.33 bits per heavy atom. The van der Waals surface area contributed by atoms with E-state index in [1.807, 2.05) is 6.92 Å². The summed E-state index contributed by atoms with van der Waals surface area (Å²) in [7, 11) is 0. The van der Waals surface area contributed by atoms with Gasteiger partial charge < -0.3 is 4.79 Å². The van der Waals surface area contributed by atoms with Crippen molar-refractivity contribution in [2.24, 2.45) is 11.8 Å². The standard InChI is InChI=1S/C11H20O/c1-9(2)6-5-7-10(3)11(4)8-12/h6,8,10-11H,5,7H2,1-4H3/t10-,11-/m0/s1. The van der Waals surface area contributed by atoms with Crippen LogP contribution in [0, 0.1) is 11.8 Å². The molecule has 1 nitrogen and oxygen atoms in total. The number of hydrogen-bond donors (Lipinski definition) is 0. The van der Waals surface area contributed by atoms with Crippen molar-refractivity contribution in [2.75, 3.05) is 0 Å². The third-order valence-electron chi connectivity index (χ3n) is 2.29. The molecule has 12 heavy (non-hydrogen) atoms. The molecule has 0 unspecified atom stereocenters. The van der Waals surface area contributed by atoms with Crippen LogP contribution in [0.15, 0.2) is 11.6 Å². The smallest absolute Gasteiger partial charge is 0.123 e. The zero-order valence-electron chi connectivity index (χ0n) is 8.63. The van der Waals surface area contributed by atoms with Gasteiger partial charge in [-0.25, -0.2) is 0 Å². The molecule has 70 valence electrons. The van der Waals surface area contributed by atoms with Gasteiger partial charge in [-0.3, -0.25) is 0 Å². The van der Waals surface area contributed by atoms with Gasteiger partial charge in [0.2, 0.25) is 0 Å². The molecule has 0 aliphatic heterocycles. The highest BCUT2D eigenvalue weighted by Crippen LogP contribution is 2.15. The second-order valence-electron chi connectivity index (χ2n) is 3.83. The molecule has 0 bridgehead atoms. The highest BCUT2D eigenvalue weighted by Gasteiger charge is 2.09. The average Bonchev–Trinajstić information content (AvgIpc) is 2.02. The summed E-state index contributed by atoms with van der Waals surface area (Å²) >= 11 is 0. The van der Waals surface area contributed by atoms with Gasteiger partial charge in [0.25, 0.3) is 0 Å². The first-order chi connectivity index (χ1) is 5.57. The third kappa shape index (κ3) is 5.11. The number of carbonyl (C=O) groups is 1. The summed E-state index contributed by atoms with van der Waals surface area (Å²) in [6.45, 7) is 8.33. The van der Waals surface area contributed by atoms with Crippen molar-refractivity contribution in [3.8, 4) is 0 Å². The second kappa shape index (κ2) is 5.99. The van der Waals surface area contributed by atoms with Crippen molar-refractivity contribution in [3.63, 3.8) is 0 Å². The maximum Gasteiger partial charge on any atom is 0.123 e. The Balaban J connectivity index is 3.63. The molecule has 0 amide bonds. The highest BCUT2D eigenvalue weighted by molar-refractivity contribution is 5.53. The quantitative estimate of drug-likeness (QED) is 0.455. The molecule has 0 aromatic rings. The molecule has 0 aromatic heterocycles. The van der Waals surface area contributed by atoms with Crippen molar-refractivity contribution in [1.82, 2.24) is 0 Å². The van der Waals surface area contributed by atoms with E-state index in [1.165, 1.54) is 5.57 Å². The Hall–Kier alpha value is -0.590.